The molecule has 1 aromatic heterocycles. The molecular formula is C23H31N3O3. The van der Waals surface area contributed by atoms with Crippen molar-refractivity contribution in [3.63, 3.8) is 0 Å². The van der Waals surface area contributed by atoms with Crippen LogP contribution in [0.4, 0.5) is 5.69 Å². The summed E-state index contributed by atoms with van der Waals surface area (Å²) in [6, 6.07) is 8.07. The molecular weight excluding hydrogens is 366 g/mol. The van der Waals surface area contributed by atoms with Crippen LogP contribution in [0.3, 0.4) is 0 Å². The van der Waals surface area contributed by atoms with E-state index in [-0.39, 0.29) is 11.9 Å². The van der Waals surface area contributed by atoms with Crippen LogP contribution >= 0.6 is 0 Å². The summed E-state index contributed by atoms with van der Waals surface area (Å²) in [6.45, 7) is 0.727. The number of hydrogen-bond donors (Lipinski definition) is 2. The van der Waals surface area contributed by atoms with Crippen molar-refractivity contribution >= 4 is 11.6 Å². The van der Waals surface area contributed by atoms with Gasteiger partial charge in [-0.1, -0.05) is 31.7 Å². The van der Waals surface area contributed by atoms with E-state index in [1.807, 2.05) is 24.3 Å². The standard InChI is InChI=1S/C23H31N3O3/c1-28-21-10-9-17(13-22(21)29-2)11-12-25-20-14-18(15-24-16-20)23(27)26-19-7-5-3-4-6-8-19/h9-10,13-16,19,25H,3-8,11-12H2,1-2H3,(H,26,27). The van der Waals surface area contributed by atoms with Gasteiger partial charge >= 0.3 is 0 Å². The van der Waals surface area contributed by atoms with E-state index in [4.69, 9.17) is 9.47 Å². The van der Waals surface area contributed by atoms with Crippen molar-refractivity contribution in [2.24, 2.45) is 0 Å². The zero-order chi connectivity index (χ0) is 20.5. The number of anilines is 1. The Balaban J connectivity index is 1.53. The molecule has 1 amide bonds. The number of rotatable bonds is 8. The second kappa shape index (κ2) is 10.7. The molecule has 1 heterocycles. The van der Waals surface area contributed by atoms with Gasteiger partial charge in [0.2, 0.25) is 0 Å². The molecule has 0 atom stereocenters. The molecule has 1 aromatic carbocycles. The second-order valence-electron chi connectivity index (χ2n) is 7.49. The molecule has 3 rings (SSSR count). The number of pyridine rings is 1. The van der Waals surface area contributed by atoms with Crippen molar-refractivity contribution in [2.75, 3.05) is 26.1 Å². The summed E-state index contributed by atoms with van der Waals surface area (Å²) in [4.78, 5) is 16.8. The van der Waals surface area contributed by atoms with Crippen LogP contribution in [0.15, 0.2) is 36.7 Å². The Bertz CT molecular complexity index is 802. The Labute approximate surface area is 173 Å². The first-order chi connectivity index (χ1) is 14.2. The van der Waals surface area contributed by atoms with E-state index in [0.717, 1.165) is 48.6 Å². The normalized spacial score (nSPS) is 14.7. The maximum Gasteiger partial charge on any atom is 0.253 e. The van der Waals surface area contributed by atoms with Crippen molar-refractivity contribution in [2.45, 2.75) is 51.0 Å². The predicted octanol–water partition coefficient (Wildman–Crippen LogP) is 4.21. The highest BCUT2D eigenvalue weighted by atomic mass is 16.5. The lowest BCUT2D eigenvalue weighted by atomic mass is 10.1. The molecule has 2 aromatic rings. The lowest BCUT2D eigenvalue weighted by molar-refractivity contribution is 0.0933. The van der Waals surface area contributed by atoms with Crippen LogP contribution in [-0.4, -0.2) is 37.7 Å². The summed E-state index contributed by atoms with van der Waals surface area (Å²) in [5, 5.41) is 6.53. The quantitative estimate of drug-likeness (QED) is 0.653. The van der Waals surface area contributed by atoms with Crippen molar-refractivity contribution in [1.82, 2.24) is 10.3 Å². The van der Waals surface area contributed by atoms with Gasteiger partial charge in [0, 0.05) is 25.0 Å². The third-order valence-corrected chi connectivity index (χ3v) is 5.38. The summed E-state index contributed by atoms with van der Waals surface area (Å²) < 4.78 is 10.6. The number of ether oxygens (including phenoxy) is 2. The fraction of sp³-hybridized carbons (Fsp3) is 0.478. The van der Waals surface area contributed by atoms with E-state index >= 15 is 0 Å². The molecule has 0 bridgehead atoms. The second-order valence-corrected chi connectivity index (χ2v) is 7.49. The van der Waals surface area contributed by atoms with Gasteiger partial charge in [-0.25, -0.2) is 0 Å². The first-order valence-corrected chi connectivity index (χ1v) is 10.4. The van der Waals surface area contributed by atoms with Crippen LogP contribution < -0.4 is 20.1 Å². The Kier molecular flexibility index (Phi) is 7.73. The number of benzene rings is 1. The van der Waals surface area contributed by atoms with Gasteiger partial charge in [-0.3, -0.25) is 9.78 Å². The highest BCUT2D eigenvalue weighted by molar-refractivity contribution is 5.94. The van der Waals surface area contributed by atoms with Crippen LogP contribution in [0.1, 0.15) is 54.4 Å². The highest BCUT2D eigenvalue weighted by Gasteiger charge is 2.16. The molecule has 0 saturated heterocycles. The molecule has 2 N–H and O–H groups in total. The van der Waals surface area contributed by atoms with Gasteiger partial charge in [-0.2, -0.15) is 0 Å². The Morgan fingerprint density at radius 1 is 1.03 bits per heavy atom. The van der Waals surface area contributed by atoms with E-state index in [0.29, 0.717) is 5.56 Å². The average Bonchev–Trinajstić information content (AvgIpc) is 3.02. The van der Waals surface area contributed by atoms with Gasteiger partial charge in [0.15, 0.2) is 11.5 Å². The van der Waals surface area contributed by atoms with E-state index in [2.05, 4.69) is 15.6 Å². The van der Waals surface area contributed by atoms with Crippen molar-refractivity contribution < 1.29 is 14.3 Å². The minimum absolute atomic E-state index is 0.0343. The van der Waals surface area contributed by atoms with Crippen LogP contribution in [0, 0.1) is 0 Å². The van der Waals surface area contributed by atoms with E-state index < -0.39 is 0 Å². The third-order valence-electron chi connectivity index (χ3n) is 5.38. The fourth-order valence-electron chi connectivity index (χ4n) is 3.74. The zero-order valence-corrected chi connectivity index (χ0v) is 17.4. The molecule has 156 valence electrons. The number of carbonyl (C=O) groups is 1. The van der Waals surface area contributed by atoms with Gasteiger partial charge in [0.05, 0.1) is 25.5 Å². The number of hydrogen-bond acceptors (Lipinski definition) is 5. The van der Waals surface area contributed by atoms with E-state index in [9.17, 15) is 4.79 Å². The summed E-state index contributed by atoms with van der Waals surface area (Å²) in [7, 11) is 3.27. The lowest BCUT2D eigenvalue weighted by Gasteiger charge is -2.16. The third kappa shape index (κ3) is 6.11. The molecule has 6 nitrogen and oxygen atoms in total. The fourth-order valence-corrected chi connectivity index (χ4v) is 3.74. The van der Waals surface area contributed by atoms with Crippen LogP contribution in [0.25, 0.3) is 0 Å². The Hall–Kier alpha value is -2.76. The maximum absolute atomic E-state index is 12.6. The van der Waals surface area contributed by atoms with Crippen LogP contribution in [0.5, 0.6) is 11.5 Å². The Morgan fingerprint density at radius 3 is 2.52 bits per heavy atom. The molecule has 1 aliphatic rings. The minimum Gasteiger partial charge on any atom is -0.493 e. The van der Waals surface area contributed by atoms with Gasteiger partial charge in [0.1, 0.15) is 0 Å². The van der Waals surface area contributed by atoms with E-state index in [1.165, 1.54) is 25.7 Å². The first kappa shape index (κ1) is 21.0. The van der Waals surface area contributed by atoms with E-state index in [1.54, 1.807) is 26.6 Å². The lowest BCUT2D eigenvalue weighted by Crippen LogP contribution is -2.34. The molecule has 29 heavy (non-hydrogen) atoms. The Morgan fingerprint density at radius 2 is 1.79 bits per heavy atom. The van der Waals surface area contributed by atoms with Gasteiger partial charge in [-0.15, -0.1) is 0 Å². The minimum atomic E-state index is -0.0343. The summed E-state index contributed by atoms with van der Waals surface area (Å²) >= 11 is 0. The molecule has 0 spiro atoms. The predicted molar refractivity (Wildman–Crippen MR) is 115 cm³/mol. The molecule has 1 saturated carbocycles. The van der Waals surface area contributed by atoms with Gasteiger partial charge in [0.25, 0.3) is 5.91 Å². The molecule has 0 aliphatic heterocycles. The molecule has 1 aliphatic carbocycles. The van der Waals surface area contributed by atoms with Crippen molar-refractivity contribution in [3.05, 3.63) is 47.8 Å². The average molecular weight is 398 g/mol. The summed E-state index contributed by atoms with van der Waals surface area (Å²) in [5.41, 5.74) is 2.59. The topological polar surface area (TPSA) is 72.5 Å². The number of nitrogens with one attached hydrogen (secondary N) is 2. The van der Waals surface area contributed by atoms with Gasteiger partial charge in [-0.05, 0) is 43.0 Å². The molecule has 6 heteroatoms. The zero-order valence-electron chi connectivity index (χ0n) is 17.4. The highest BCUT2D eigenvalue weighted by Crippen LogP contribution is 2.27. The van der Waals surface area contributed by atoms with Crippen LogP contribution in [-0.2, 0) is 6.42 Å². The largest absolute Gasteiger partial charge is 0.493 e. The number of methoxy groups -OCH3 is 2. The van der Waals surface area contributed by atoms with Gasteiger partial charge < -0.3 is 20.1 Å². The first-order valence-electron chi connectivity index (χ1n) is 10.4. The molecule has 0 unspecified atom stereocenters. The number of amides is 1. The number of carbonyl (C=O) groups excluding carboxylic acids is 1. The SMILES string of the molecule is COc1ccc(CCNc2cncc(C(=O)NC3CCCCCC3)c2)cc1OC. The number of nitrogens with zero attached hydrogens (tertiary/aromatic N) is 1. The monoisotopic (exact) mass is 397 g/mol. The summed E-state index contributed by atoms with van der Waals surface area (Å²) in [5.74, 6) is 1.41. The van der Waals surface area contributed by atoms with Crippen molar-refractivity contribution in [1.29, 1.82) is 0 Å². The number of aromatic nitrogens is 1. The maximum atomic E-state index is 12.6. The van der Waals surface area contributed by atoms with Crippen LogP contribution in [0.2, 0.25) is 0 Å². The van der Waals surface area contributed by atoms with Crippen molar-refractivity contribution in [3.8, 4) is 11.5 Å². The molecule has 0 radical (unpaired) electrons. The smallest absolute Gasteiger partial charge is 0.253 e. The molecule has 1 fully saturated rings. The summed E-state index contributed by atoms with van der Waals surface area (Å²) in [6.07, 6.45) is 11.3.